The number of nitrogens with zero attached hydrogens (tertiary/aromatic N) is 1. The molecule has 1 N–H and O–H groups in total. The monoisotopic (exact) mass is 393 g/mol. The van der Waals surface area contributed by atoms with Crippen LogP contribution in [0.4, 0.5) is 0 Å². The molecule has 140 valence electrons. The second kappa shape index (κ2) is 9.61. The van der Waals surface area contributed by atoms with E-state index < -0.39 is 6.10 Å². The molecule has 3 nitrogen and oxygen atoms in total. The number of hydrogen-bond donors (Lipinski definition) is 1. The van der Waals surface area contributed by atoms with Crippen molar-refractivity contribution in [2.75, 3.05) is 26.2 Å². The van der Waals surface area contributed by atoms with Crippen LogP contribution in [0.15, 0.2) is 48.5 Å². The molecule has 1 aliphatic heterocycles. The summed E-state index contributed by atoms with van der Waals surface area (Å²) >= 11 is 12.0. The zero-order chi connectivity index (χ0) is 18.4. The number of aliphatic hydroxyl groups is 1. The first-order valence-corrected chi connectivity index (χ1v) is 9.88. The maximum atomic E-state index is 10.3. The molecule has 0 bridgehead atoms. The van der Waals surface area contributed by atoms with Gasteiger partial charge in [0.2, 0.25) is 0 Å². The van der Waals surface area contributed by atoms with E-state index in [2.05, 4.69) is 35.2 Å². The lowest BCUT2D eigenvalue weighted by Gasteiger charge is -2.33. The zero-order valence-corrected chi connectivity index (χ0v) is 16.3. The van der Waals surface area contributed by atoms with Crippen LogP contribution in [-0.4, -0.2) is 42.4 Å². The van der Waals surface area contributed by atoms with Gasteiger partial charge in [0.15, 0.2) is 0 Å². The molecule has 1 heterocycles. The smallest absolute Gasteiger partial charge is 0.138 e. The van der Waals surface area contributed by atoms with Gasteiger partial charge in [0.05, 0.1) is 5.02 Å². The molecule has 0 aromatic heterocycles. The first-order chi connectivity index (χ1) is 12.6. The Morgan fingerprint density at radius 1 is 1.08 bits per heavy atom. The van der Waals surface area contributed by atoms with E-state index in [1.54, 1.807) is 18.2 Å². The number of benzene rings is 2. The van der Waals surface area contributed by atoms with Crippen LogP contribution < -0.4 is 4.74 Å². The highest BCUT2D eigenvalue weighted by atomic mass is 35.5. The van der Waals surface area contributed by atoms with Crippen LogP contribution in [0.3, 0.4) is 0 Å². The average molecular weight is 394 g/mol. The van der Waals surface area contributed by atoms with Crippen molar-refractivity contribution in [1.29, 1.82) is 0 Å². The highest BCUT2D eigenvalue weighted by Crippen LogP contribution is 2.27. The molecule has 5 heteroatoms. The molecule has 26 heavy (non-hydrogen) atoms. The van der Waals surface area contributed by atoms with Crippen molar-refractivity contribution < 1.29 is 9.84 Å². The number of ether oxygens (including phenoxy) is 1. The van der Waals surface area contributed by atoms with Crippen molar-refractivity contribution in [3.63, 3.8) is 0 Å². The van der Waals surface area contributed by atoms with Crippen molar-refractivity contribution in [2.45, 2.75) is 25.4 Å². The van der Waals surface area contributed by atoms with Gasteiger partial charge in [-0.1, -0.05) is 53.5 Å². The van der Waals surface area contributed by atoms with Gasteiger partial charge in [-0.2, -0.15) is 0 Å². The third kappa shape index (κ3) is 5.88. The minimum atomic E-state index is -0.535. The lowest BCUT2D eigenvalue weighted by atomic mass is 9.90. The molecule has 3 rings (SSSR count). The number of β-amino-alcohol motifs (C(OH)–C–C–N with tert-alkyl or cyclic N) is 1. The molecule has 0 spiro atoms. The van der Waals surface area contributed by atoms with Crippen LogP contribution >= 0.6 is 23.2 Å². The molecule has 1 aliphatic rings. The molecule has 2 aromatic rings. The molecule has 2 aromatic carbocycles. The minimum absolute atomic E-state index is 0.227. The topological polar surface area (TPSA) is 32.7 Å². The molecule has 1 fully saturated rings. The van der Waals surface area contributed by atoms with Crippen LogP contribution in [0.5, 0.6) is 5.75 Å². The predicted molar refractivity (Wildman–Crippen MR) is 107 cm³/mol. The van der Waals surface area contributed by atoms with Gasteiger partial charge in [0.1, 0.15) is 18.5 Å². The van der Waals surface area contributed by atoms with E-state index in [1.165, 1.54) is 18.4 Å². The fourth-order valence-corrected chi connectivity index (χ4v) is 3.91. The van der Waals surface area contributed by atoms with E-state index in [-0.39, 0.29) is 6.61 Å². The normalized spacial score (nSPS) is 17.2. The molecular formula is C21H25Cl2NO2. The lowest BCUT2D eigenvalue weighted by Crippen LogP contribution is -2.41. The van der Waals surface area contributed by atoms with Crippen LogP contribution in [0.25, 0.3) is 0 Å². The molecule has 0 radical (unpaired) electrons. The Labute approximate surface area is 165 Å². The summed E-state index contributed by atoms with van der Waals surface area (Å²) in [6.07, 6.45) is 2.96. The van der Waals surface area contributed by atoms with Gasteiger partial charge < -0.3 is 14.7 Å². The number of aliphatic hydroxyl groups excluding tert-OH is 1. The quantitative estimate of drug-likeness (QED) is 0.740. The molecule has 0 aliphatic carbocycles. The number of hydrogen-bond acceptors (Lipinski definition) is 3. The van der Waals surface area contributed by atoms with E-state index in [9.17, 15) is 5.11 Å². The van der Waals surface area contributed by atoms with Gasteiger partial charge in [0.25, 0.3) is 0 Å². The second-order valence-electron chi connectivity index (χ2n) is 6.97. The third-order valence-corrected chi connectivity index (χ3v) is 5.40. The Morgan fingerprint density at radius 3 is 2.50 bits per heavy atom. The van der Waals surface area contributed by atoms with Gasteiger partial charge in [-0.15, -0.1) is 0 Å². The summed E-state index contributed by atoms with van der Waals surface area (Å²) in [7, 11) is 0. The maximum absolute atomic E-state index is 10.3. The molecular weight excluding hydrogens is 369 g/mol. The van der Waals surface area contributed by atoms with Crippen molar-refractivity contribution in [2.24, 2.45) is 5.92 Å². The third-order valence-electron chi connectivity index (χ3n) is 4.87. The summed E-state index contributed by atoms with van der Waals surface area (Å²) in [5.74, 6) is 1.28. The molecule has 0 saturated carbocycles. The Morgan fingerprint density at radius 2 is 1.81 bits per heavy atom. The summed E-state index contributed by atoms with van der Waals surface area (Å²) in [6, 6.07) is 15.8. The summed E-state index contributed by atoms with van der Waals surface area (Å²) in [5, 5.41) is 11.3. The van der Waals surface area contributed by atoms with E-state index in [4.69, 9.17) is 27.9 Å². The minimum Gasteiger partial charge on any atom is -0.489 e. The Hall–Kier alpha value is -1.26. The van der Waals surface area contributed by atoms with Crippen molar-refractivity contribution in [1.82, 2.24) is 4.90 Å². The van der Waals surface area contributed by atoms with Gasteiger partial charge in [-0.3, -0.25) is 0 Å². The van der Waals surface area contributed by atoms with Gasteiger partial charge in [-0.25, -0.2) is 0 Å². The standard InChI is InChI=1S/C21H25Cl2NO2/c22-18-6-7-21(20(23)13-18)26-15-19(25)14-24-10-8-17(9-11-24)12-16-4-2-1-3-5-16/h1-7,13,17,19,25H,8-12,14-15H2/t19-/m1/s1. The lowest BCUT2D eigenvalue weighted by molar-refractivity contribution is 0.0551. The van der Waals surface area contributed by atoms with Crippen molar-refractivity contribution in [3.8, 4) is 5.75 Å². The highest BCUT2D eigenvalue weighted by molar-refractivity contribution is 6.35. The van der Waals surface area contributed by atoms with Gasteiger partial charge in [-0.05, 0) is 62.0 Å². The second-order valence-corrected chi connectivity index (χ2v) is 7.82. The first-order valence-electron chi connectivity index (χ1n) is 9.12. The summed E-state index contributed by atoms with van der Waals surface area (Å²) in [6.45, 7) is 2.90. The van der Waals surface area contributed by atoms with E-state index in [0.717, 1.165) is 25.4 Å². The van der Waals surface area contributed by atoms with Crippen molar-refractivity contribution >= 4 is 23.2 Å². The highest BCUT2D eigenvalue weighted by Gasteiger charge is 2.21. The van der Waals surface area contributed by atoms with Crippen LogP contribution in [0.1, 0.15) is 18.4 Å². The molecule has 1 saturated heterocycles. The zero-order valence-electron chi connectivity index (χ0n) is 14.8. The molecule has 0 amide bonds. The fourth-order valence-electron chi connectivity index (χ4n) is 3.45. The SMILES string of the molecule is O[C@@H](COc1ccc(Cl)cc1Cl)CN1CCC(Cc2ccccc2)CC1. The van der Waals surface area contributed by atoms with E-state index in [1.807, 2.05) is 0 Å². The van der Waals surface area contributed by atoms with E-state index >= 15 is 0 Å². The Balaban J connectivity index is 1.38. The van der Waals surface area contributed by atoms with Gasteiger partial charge >= 0.3 is 0 Å². The summed E-state index contributed by atoms with van der Waals surface area (Å²) in [5.41, 5.74) is 1.42. The number of rotatable bonds is 7. The van der Waals surface area contributed by atoms with Crippen molar-refractivity contribution in [3.05, 3.63) is 64.1 Å². The summed E-state index contributed by atoms with van der Waals surface area (Å²) in [4.78, 5) is 2.32. The van der Waals surface area contributed by atoms with Crippen LogP contribution in [-0.2, 0) is 6.42 Å². The fraction of sp³-hybridized carbons (Fsp3) is 0.429. The Bertz CT molecular complexity index is 688. The number of halogens is 2. The Kier molecular flexibility index (Phi) is 7.21. The first kappa shape index (κ1) is 19.5. The van der Waals surface area contributed by atoms with Gasteiger partial charge in [0, 0.05) is 11.6 Å². The van der Waals surface area contributed by atoms with Crippen LogP contribution in [0, 0.1) is 5.92 Å². The molecule has 0 unspecified atom stereocenters. The van der Waals surface area contributed by atoms with E-state index in [0.29, 0.717) is 22.3 Å². The maximum Gasteiger partial charge on any atom is 0.138 e. The largest absolute Gasteiger partial charge is 0.489 e. The summed E-state index contributed by atoms with van der Waals surface area (Å²) < 4.78 is 5.63. The van der Waals surface area contributed by atoms with Crippen LogP contribution in [0.2, 0.25) is 10.0 Å². The number of likely N-dealkylation sites (tertiary alicyclic amines) is 1. The number of piperidine rings is 1. The predicted octanol–water partition coefficient (Wildman–Crippen LogP) is 4.69. The average Bonchev–Trinajstić information content (AvgIpc) is 2.63. The molecule has 1 atom stereocenters.